The summed E-state index contributed by atoms with van der Waals surface area (Å²) in [5.41, 5.74) is 15.6. The van der Waals surface area contributed by atoms with Crippen LogP contribution in [0.2, 0.25) is 15.1 Å². The fraction of sp³-hybridized carbons (Fsp3) is 0.0465. The summed E-state index contributed by atoms with van der Waals surface area (Å²) in [6, 6.07) is 61.3. The number of anilines is 8. The number of halogens is 8. The second-order valence-electron chi connectivity index (χ2n) is 25.5. The number of aromatic nitrogens is 11. The van der Waals surface area contributed by atoms with Crippen molar-refractivity contribution in [2.24, 2.45) is 0 Å². The van der Waals surface area contributed by atoms with Crippen molar-refractivity contribution < 1.29 is 36.3 Å². The smallest absolute Gasteiger partial charge is 0.422 e. The van der Waals surface area contributed by atoms with E-state index in [0.29, 0.717) is 116 Å². The first-order chi connectivity index (χ1) is 55.7. The zero-order chi connectivity index (χ0) is 80.4. The minimum Gasteiger partial charge on any atom is -0.449 e. The lowest BCUT2D eigenvalue weighted by Crippen LogP contribution is -2.29. The number of nitrogens with zero attached hydrogens (tertiary/aromatic N) is 12. The Labute approximate surface area is 666 Å². The van der Waals surface area contributed by atoms with E-state index in [4.69, 9.17) is 45.3 Å². The molecule has 0 aliphatic carbocycles. The van der Waals surface area contributed by atoms with E-state index in [1.807, 2.05) is 91.0 Å². The summed E-state index contributed by atoms with van der Waals surface area (Å²) < 4.78 is 78.7. The van der Waals surface area contributed by atoms with Crippen molar-refractivity contribution in [3.05, 3.63) is 323 Å². The molecule has 0 radical (unpaired) electrons. The zero-order valence-corrected chi connectivity index (χ0v) is 63.0. The predicted molar refractivity (Wildman–Crippen MR) is 442 cm³/mol. The van der Waals surface area contributed by atoms with Gasteiger partial charge in [-0.3, -0.25) is 19.5 Å². The van der Waals surface area contributed by atoms with E-state index in [1.54, 1.807) is 119 Å². The molecule has 0 unspecified atom stereocenters. The molecule has 0 aliphatic rings. The number of rotatable bonds is 13. The molecule has 115 heavy (non-hydrogen) atoms. The zero-order valence-electron chi connectivity index (χ0n) is 60.7. The number of ether oxygens (including phenoxy) is 1. The maximum Gasteiger partial charge on any atom is 0.422 e. The molecule has 9 aromatic heterocycles. The van der Waals surface area contributed by atoms with E-state index in [9.17, 15) is 36.3 Å². The third-order valence-electron chi connectivity index (χ3n) is 17.6. The lowest BCUT2D eigenvalue weighted by Gasteiger charge is -2.17. The van der Waals surface area contributed by atoms with Gasteiger partial charge in [0.25, 0.3) is 0 Å². The van der Waals surface area contributed by atoms with Gasteiger partial charge in [-0.05, 0) is 153 Å². The Morgan fingerprint density at radius 2 is 0.913 bits per heavy atom. The molecule has 0 spiro atoms. The largest absolute Gasteiger partial charge is 0.449 e. The van der Waals surface area contributed by atoms with E-state index in [1.165, 1.54) is 70.7 Å². The van der Waals surface area contributed by atoms with Gasteiger partial charge in [0.15, 0.2) is 0 Å². The van der Waals surface area contributed by atoms with Gasteiger partial charge in [-0.2, -0.15) is 4.57 Å². The molecule has 2 amide bonds. The third kappa shape index (κ3) is 17.6. The highest BCUT2D eigenvalue weighted by atomic mass is 35.5. The number of fused-ring (bicyclic) bond motifs is 5. The number of hydrogen-bond donors (Lipinski definition) is 5. The first-order valence-electron chi connectivity index (χ1n) is 35.1. The maximum atomic E-state index is 14.7. The lowest BCUT2D eigenvalue weighted by molar-refractivity contribution is 0.154. The number of nitrogens with one attached hydrogen (secondary N) is 4. The van der Waals surface area contributed by atoms with Crippen LogP contribution in [-0.2, 0) is 4.74 Å². The van der Waals surface area contributed by atoms with Crippen LogP contribution >= 0.6 is 34.8 Å². The number of para-hydroxylation sites is 4. The molecule has 17 rings (SSSR count). The Kier molecular flexibility index (Phi) is 23.2. The fourth-order valence-corrected chi connectivity index (χ4v) is 12.8. The Morgan fingerprint density at radius 3 is 1.43 bits per heavy atom. The summed E-state index contributed by atoms with van der Waals surface area (Å²) in [7, 11) is 3.31. The van der Waals surface area contributed by atoms with E-state index < -0.39 is 40.9 Å². The van der Waals surface area contributed by atoms with Crippen molar-refractivity contribution in [1.29, 1.82) is 0 Å². The molecule has 0 atom stereocenters. The summed E-state index contributed by atoms with van der Waals surface area (Å²) >= 11 is 18.2. The molecule has 9 heterocycles. The van der Waals surface area contributed by atoms with Crippen molar-refractivity contribution >= 4 is 147 Å². The number of imidazole rings is 1. The van der Waals surface area contributed by atoms with Crippen molar-refractivity contribution in [1.82, 2.24) is 58.9 Å². The van der Waals surface area contributed by atoms with Crippen LogP contribution in [0.5, 0.6) is 0 Å². The quantitative estimate of drug-likeness (QED) is 0.0672. The second kappa shape index (κ2) is 34.5. The monoisotopic (exact) mass is 1600 g/mol. The summed E-state index contributed by atoms with van der Waals surface area (Å²) in [5, 5.41) is 17.1. The summed E-state index contributed by atoms with van der Waals surface area (Å²) in [5.74, 6) is -1.45. The predicted octanol–water partition coefficient (Wildman–Crippen LogP) is 21.3. The minimum atomic E-state index is -0.807. The van der Waals surface area contributed by atoms with Gasteiger partial charge in [-0.25, -0.2) is 66.2 Å². The van der Waals surface area contributed by atoms with Gasteiger partial charge in [0.05, 0.1) is 109 Å². The maximum absolute atomic E-state index is 14.7. The van der Waals surface area contributed by atoms with E-state index in [2.05, 4.69) is 66.1 Å². The Balaban J connectivity index is 0.000000127. The van der Waals surface area contributed by atoms with Gasteiger partial charge >= 0.3 is 17.8 Å². The molecule has 29 heteroatoms. The van der Waals surface area contributed by atoms with Gasteiger partial charge in [0, 0.05) is 110 Å². The van der Waals surface area contributed by atoms with Crippen LogP contribution in [0, 0.1) is 29.1 Å². The van der Waals surface area contributed by atoms with E-state index in [-0.39, 0.29) is 29.3 Å². The van der Waals surface area contributed by atoms with Crippen LogP contribution in [0.15, 0.2) is 273 Å². The molecule has 570 valence electrons. The second-order valence-corrected chi connectivity index (χ2v) is 26.8. The molecular weight excluding hydrogens is 1540 g/mol. The molecule has 6 N–H and O–H groups in total. The van der Waals surface area contributed by atoms with Gasteiger partial charge in [0.1, 0.15) is 47.0 Å². The summed E-state index contributed by atoms with van der Waals surface area (Å²) in [6.07, 6.45) is 10.0. The average Bonchev–Trinajstić information content (AvgIpc) is 1.58. The highest BCUT2D eigenvalue weighted by molar-refractivity contribution is 6.31. The molecular formula is C86H61Cl3F5N17O4. The molecule has 8 aromatic carbocycles. The number of benzene rings is 8. The fourth-order valence-electron chi connectivity index (χ4n) is 12.3. The topological polar surface area (TPSA) is 264 Å². The first kappa shape index (κ1) is 77.4. The normalized spacial score (nSPS) is 10.9. The summed E-state index contributed by atoms with van der Waals surface area (Å²) in [4.78, 5) is 78.1. The molecule has 17 aromatic rings. The standard InChI is InChI=1S/C24H16ClFN4O3.C23H19ClFN5O.C20H13F2N3.C19H13ClFN5/c1-2-33-24(32)30-22-13-27-10-9-20(22)29(23(30)31)21-12-19(16-11-14(25)7-8-17(16)26)28-18-6-4-3-5-15(18)21;1-30(2)23(31)29-22-13-26-10-9-19(22)28-20-12-21(16-11-14(24)7-8-17(16)25)27-18-6-4-3-5-15(18)20;21-13-5-6-17(22)16(11-13)20-12-19(24-14-7-9-23-10-8-14)15-3-1-2-4-18(15)25-20;20-11-5-6-14(21)13(7-11)17-8-16(12-3-1-2-4-15(12)25-17)26-19-9-18(22)23-10-24-19/h3-13H,2H2,1H3;3-13H,1-2H3,(H,29,31)(H,26,27,28);1-12H,(H,23,24,25);1-10H,(H3,22,23,24,25,26). The number of pyridine rings is 7. The average molecular weight is 1600 g/mol. The number of urea groups is 1. The van der Waals surface area contributed by atoms with Gasteiger partial charge in [-0.1, -0.05) is 108 Å². The van der Waals surface area contributed by atoms with Crippen LogP contribution in [0.4, 0.5) is 77.3 Å². The number of amides is 2. The van der Waals surface area contributed by atoms with Gasteiger partial charge < -0.3 is 36.6 Å². The Bertz CT molecular complexity index is 6630. The third-order valence-corrected chi connectivity index (χ3v) is 18.3. The molecule has 0 aliphatic heterocycles. The lowest BCUT2D eigenvalue weighted by atomic mass is 10.1. The number of nitrogens with two attached hydrogens (primary N) is 1. The van der Waals surface area contributed by atoms with Crippen molar-refractivity contribution in [3.63, 3.8) is 0 Å². The van der Waals surface area contributed by atoms with E-state index >= 15 is 0 Å². The number of hydrogen-bond acceptors (Lipinski definition) is 17. The van der Waals surface area contributed by atoms with Crippen LogP contribution in [0.25, 0.3) is 105 Å². The van der Waals surface area contributed by atoms with Crippen LogP contribution < -0.4 is 32.7 Å². The van der Waals surface area contributed by atoms with Crippen LogP contribution in [-0.4, -0.2) is 91.7 Å². The van der Waals surface area contributed by atoms with E-state index in [0.717, 1.165) is 56.0 Å². The number of carbonyl (C=O) groups excluding carboxylic acids is 2. The molecule has 0 saturated carbocycles. The first-order valence-corrected chi connectivity index (χ1v) is 36.2. The van der Waals surface area contributed by atoms with Crippen molar-refractivity contribution in [3.8, 4) is 50.7 Å². The van der Waals surface area contributed by atoms with Gasteiger partial charge in [0.2, 0.25) is 0 Å². The van der Waals surface area contributed by atoms with Crippen molar-refractivity contribution in [2.45, 2.75) is 6.92 Å². The van der Waals surface area contributed by atoms with Gasteiger partial charge in [-0.15, -0.1) is 0 Å². The van der Waals surface area contributed by atoms with Crippen molar-refractivity contribution in [2.75, 3.05) is 47.7 Å². The number of carbonyl (C=O) groups is 2. The molecule has 0 fully saturated rings. The Morgan fingerprint density at radius 1 is 0.461 bits per heavy atom. The summed E-state index contributed by atoms with van der Waals surface area (Å²) in [6.45, 7) is 1.76. The minimum absolute atomic E-state index is 0.106. The molecule has 0 saturated heterocycles. The SMILES string of the molecule is CCOC(=O)n1c(=O)n(-c2cc(-c3cc(Cl)ccc3F)nc3ccccc23)c2ccncc21.CN(C)C(=O)Nc1cnccc1Nc1cc(-c2cc(Cl)ccc2F)nc2ccccc12.Fc1ccc(F)c(-c2cc(Nc3ccncc3)c3ccccc3n2)c1.Nc1cc(Nc2cc(-c3cc(Cl)ccc3F)nc3ccccc23)ncn1. The molecule has 0 bridgehead atoms. The van der Waals surface area contributed by atoms with Crippen LogP contribution in [0.3, 0.4) is 0 Å². The number of nitrogen functional groups attached to an aromatic ring is 1. The highest BCUT2D eigenvalue weighted by Gasteiger charge is 2.25. The van der Waals surface area contributed by atoms with Crippen LogP contribution in [0.1, 0.15) is 6.92 Å². The highest BCUT2D eigenvalue weighted by Crippen LogP contribution is 2.39. The molecule has 21 nitrogen and oxygen atoms in total. The Hall–Kier alpha value is -14.3.